The average Bonchev–Trinajstić information content (AvgIpc) is 1.87. The van der Waals surface area contributed by atoms with Crippen molar-refractivity contribution in [1.82, 2.24) is 81.6 Å². The molecule has 0 fully saturated rings. The summed E-state index contributed by atoms with van der Waals surface area (Å²) in [5, 5.41) is 124. The number of carbonyl (C=O) groups excluding carboxylic acids is 8. The van der Waals surface area contributed by atoms with Crippen molar-refractivity contribution in [3.63, 3.8) is 0 Å². The predicted octanol–water partition coefficient (Wildman–Crippen LogP) is 11.6. The van der Waals surface area contributed by atoms with Gasteiger partial charge in [0.05, 0.1) is 93.3 Å². The number of nitrogens with zero attached hydrogens (tertiary/aromatic N) is 8. The quantitative estimate of drug-likeness (QED) is 0.0655. The number of carboxylic acids is 8. The second-order valence-corrected chi connectivity index (χ2v) is 26.8. The Balaban J connectivity index is 0. The van der Waals surface area contributed by atoms with Crippen molar-refractivity contribution in [2.45, 2.75) is 205 Å². The van der Waals surface area contributed by atoms with Gasteiger partial charge in [0.1, 0.15) is 0 Å². The van der Waals surface area contributed by atoms with Crippen LogP contribution in [0.15, 0.2) is 293 Å². The number of hydrogen-bond donors (Lipinski definition) is 8. The Morgan fingerprint density at radius 3 is 0.238 bits per heavy atom. The largest absolute Gasteiger partial charge is 0.543 e. The first-order valence-electron chi connectivity index (χ1n) is 42.5. The first kappa shape index (κ1) is 119. The van der Waals surface area contributed by atoms with E-state index in [0.717, 1.165) is 0 Å². The Hall–Kier alpha value is -13.4. The van der Waals surface area contributed by atoms with Crippen molar-refractivity contribution in [2.24, 2.45) is 0 Å². The molecular formula is C96H120Ir2N16O16-8. The van der Waals surface area contributed by atoms with Crippen molar-refractivity contribution in [1.29, 1.82) is 0 Å². The van der Waals surface area contributed by atoms with E-state index in [0.29, 0.717) is 0 Å². The topological polar surface area (TPSA) is 550 Å². The van der Waals surface area contributed by atoms with E-state index in [1.54, 1.807) is 0 Å². The summed E-state index contributed by atoms with van der Waals surface area (Å²) in [5.41, 5.74) is 0.0370. The molecule has 0 amide bonds. The van der Waals surface area contributed by atoms with E-state index < -0.39 is 47.8 Å². The van der Waals surface area contributed by atoms with Gasteiger partial charge in [0.15, 0.2) is 0 Å². The number of nitrogens with one attached hydrogen (secondary N) is 8. The van der Waals surface area contributed by atoms with E-state index in [4.69, 9.17) is 0 Å². The molecule has 8 aromatic heterocycles. The molecule has 0 aliphatic heterocycles. The van der Waals surface area contributed by atoms with Gasteiger partial charge in [0.25, 0.3) is 0 Å². The van der Waals surface area contributed by atoms with Crippen molar-refractivity contribution in [3.8, 4) is 0 Å². The molecule has 130 heavy (non-hydrogen) atoms. The second-order valence-electron chi connectivity index (χ2n) is 26.8. The van der Waals surface area contributed by atoms with Gasteiger partial charge in [0, 0.05) is 89.8 Å². The Morgan fingerprint density at radius 1 is 0.146 bits per heavy atom. The third kappa shape index (κ3) is 77.0. The molecule has 8 heterocycles. The maximum absolute atomic E-state index is 9.88. The summed E-state index contributed by atoms with van der Waals surface area (Å²) in [6.45, 7) is 0. The van der Waals surface area contributed by atoms with E-state index in [9.17, 15) is 79.2 Å². The third-order valence-corrected chi connectivity index (χ3v) is 16.4. The van der Waals surface area contributed by atoms with Crippen LogP contribution in [0.2, 0.25) is 0 Å². The minimum atomic E-state index is -1.23. The van der Waals surface area contributed by atoms with Gasteiger partial charge in [-0.3, -0.25) is 40.8 Å². The van der Waals surface area contributed by atoms with Crippen molar-refractivity contribution < 1.29 is 119 Å². The molecule has 8 N–H and O–H groups in total. The van der Waals surface area contributed by atoms with Crippen LogP contribution < -0.4 is 40.9 Å². The first-order chi connectivity index (χ1) is 62.4. The van der Waals surface area contributed by atoms with E-state index in [1.807, 2.05) is 0 Å². The summed E-state index contributed by atoms with van der Waals surface area (Å²) in [4.78, 5) is 79.0. The maximum Gasteiger partial charge on any atom is 0.0894 e. The van der Waals surface area contributed by atoms with Crippen LogP contribution in [-0.4, -0.2) is 129 Å². The monoisotopic (exact) mass is 2140 g/mol. The number of carbonyl (C=O) groups is 8. The zero-order chi connectivity index (χ0) is 93.1. The van der Waals surface area contributed by atoms with Crippen LogP contribution in [-0.2, 0) is 40.2 Å². The van der Waals surface area contributed by atoms with Crippen LogP contribution in [0.25, 0.3) is 0 Å². The number of H-pyrrole nitrogens is 8. The summed E-state index contributed by atoms with van der Waals surface area (Å²) in [6, 6.07) is 10.6. The zero-order valence-electron chi connectivity index (χ0n) is 73.1. The van der Waals surface area contributed by atoms with Crippen LogP contribution >= 0.6 is 0 Å². The second kappa shape index (κ2) is 89.0. The Bertz CT molecular complexity index is 3500. The molecule has 0 unspecified atom stereocenters. The molecule has 0 bridgehead atoms. The number of rotatable bonds is 8. The number of aromatic nitrogens is 16. The minimum absolute atomic E-state index is 0. The molecule has 0 aromatic carbocycles. The number of carboxylic acid groups (broad SMARTS) is 8. The molecule has 706 valence electrons. The summed E-state index contributed by atoms with van der Waals surface area (Å²) >= 11 is 0. The average molecular weight is 2140 g/mol. The Morgan fingerprint density at radius 2 is 0.208 bits per heavy atom. The molecular weight excluding hydrogens is 2020 g/mol. The van der Waals surface area contributed by atoms with Gasteiger partial charge in [-0.1, -0.05) is 194 Å². The van der Waals surface area contributed by atoms with Crippen LogP contribution in [0.1, 0.15) is 289 Å². The molecule has 0 saturated carbocycles. The molecule has 16 rings (SSSR count). The molecule has 2 radical (unpaired) electrons. The fourth-order valence-electron chi connectivity index (χ4n) is 9.81. The van der Waals surface area contributed by atoms with Gasteiger partial charge in [-0.15, -0.1) is 0 Å². The van der Waals surface area contributed by atoms with E-state index in [1.165, 1.54) is 304 Å². The SMILES string of the molecule is C1=CCC/C=C\CC1.C1=CCC/C=C\CC1.C1=CCC/C=C\CC1.C1=CCC/C=C\CC1.C1=CCC/C=C\CC1.C1=CCC/C=C\CC1.C1=CCC/C=C\CC1.C1=CCC/C=C\CC1.O=C([O-])c1ccn[nH]1.O=C([O-])c1ccn[nH]1.O=C([O-])c1ccn[nH]1.O=C([O-])c1ccn[nH]1.O=C([O-])c1ccn[nH]1.O=C([O-])c1ccn[nH]1.O=C([O-])c1ccn[nH]1.O=C([O-])c1ccn[nH]1.[Ir].[Ir]. The smallest absolute Gasteiger partial charge is 0.0894 e. The van der Waals surface area contributed by atoms with Gasteiger partial charge >= 0.3 is 0 Å². The summed E-state index contributed by atoms with van der Waals surface area (Å²) in [7, 11) is 0. The third-order valence-electron chi connectivity index (χ3n) is 16.4. The molecule has 0 atom stereocenters. The fraction of sp³-hybridized carbons (Fsp3) is 0.333. The standard InChI is InChI=1S/8C8H12.8C4H4N2O2.2Ir/c8*1-2-4-6-8-7-5-3-1;8*7-4(8)3-1-2-5-6-3;;/h8*1-2,7-8H,3-6H2;8*1-2H,(H,5,6)(H,7,8);;/p-8/b8*2-1-,8-7?;;;;;;;;;;. The van der Waals surface area contributed by atoms with Crippen LogP contribution in [0.3, 0.4) is 0 Å². The molecule has 34 heteroatoms. The summed E-state index contributed by atoms with van der Waals surface area (Å²) < 4.78 is 0. The number of allylic oxidation sites excluding steroid dienone is 32. The molecule has 8 aliphatic rings. The van der Waals surface area contributed by atoms with E-state index >= 15 is 0 Å². The van der Waals surface area contributed by atoms with Gasteiger partial charge in [-0.25, -0.2) is 0 Å². The molecule has 0 spiro atoms. The molecule has 0 saturated heterocycles. The van der Waals surface area contributed by atoms with Gasteiger partial charge in [-0.05, 0) is 254 Å². The summed E-state index contributed by atoms with van der Waals surface area (Å²) in [6.07, 6.45) is 123. The number of aromatic carboxylic acids is 8. The molecule has 8 aliphatic carbocycles. The van der Waals surface area contributed by atoms with Crippen molar-refractivity contribution >= 4 is 47.8 Å². The molecule has 32 nitrogen and oxygen atoms in total. The predicted molar refractivity (Wildman–Crippen MR) is 477 cm³/mol. The van der Waals surface area contributed by atoms with Crippen molar-refractivity contribution in [2.75, 3.05) is 0 Å². The normalized spacial score (nSPS) is 16.2. The zero-order valence-corrected chi connectivity index (χ0v) is 77.9. The Labute approximate surface area is 787 Å². The van der Waals surface area contributed by atoms with E-state index in [2.05, 4.69) is 276 Å². The maximum atomic E-state index is 9.88. The van der Waals surface area contributed by atoms with Crippen LogP contribution in [0.5, 0.6) is 0 Å². The first-order valence-corrected chi connectivity index (χ1v) is 42.5. The van der Waals surface area contributed by atoms with Crippen LogP contribution in [0.4, 0.5) is 0 Å². The van der Waals surface area contributed by atoms with E-state index in [-0.39, 0.29) is 85.8 Å². The minimum Gasteiger partial charge on any atom is -0.543 e. The number of hydrogen-bond acceptors (Lipinski definition) is 24. The van der Waals surface area contributed by atoms with Gasteiger partial charge in [-0.2, -0.15) is 40.8 Å². The summed E-state index contributed by atoms with van der Waals surface area (Å²) in [5.74, 6) is -9.87. The Kier molecular flexibility index (Phi) is 81.2. The number of aromatic amines is 8. The molecule has 8 aromatic rings. The van der Waals surface area contributed by atoms with Crippen molar-refractivity contribution in [3.05, 3.63) is 338 Å². The van der Waals surface area contributed by atoms with Gasteiger partial charge in [0.2, 0.25) is 0 Å². The van der Waals surface area contributed by atoms with Crippen LogP contribution in [0, 0.1) is 0 Å². The fourth-order valence-corrected chi connectivity index (χ4v) is 9.81. The van der Waals surface area contributed by atoms with Gasteiger partial charge < -0.3 is 79.2 Å².